The highest BCUT2D eigenvalue weighted by Crippen LogP contribution is 2.14. The van der Waals surface area contributed by atoms with Gasteiger partial charge in [0, 0.05) is 37.6 Å². The monoisotopic (exact) mass is 360 g/mol. The first-order valence-corrected chi connectivity index (χ1v) is 9.57. The van der Waals surface area contributed by atoms with Crippen LogP contribution in [0.1, 0.15) is 28.8 Å². The van der Waals surface area contributed by atoms with Gasteiger partial charge in [-0.15, -0.1) is 11.3 Å². The van der Waals surface area contributed by atoms with Crippen LogP contribution in [0.4, 0.5) is 0 Å². The fourth-order valence-electron chi connectivity index (χ4n) is 2.46. The Morgan fingerprint density at radius 1 is 1.24 bits per heavy atom. The van der Waals surface area contributed by atoms with Gasteiger partial charge in [0.05, 0.1) is 12.1 Å². The van der Waals surface area contributed by atoms with Crippen LogP contribution in [0.2, 0.25) is 0 Å². The van der Waals surface area contributed by atoms with Gasteiger partial charge in [-0.1, -0.05) is 19.1 Å². The lowest BCUT2D eigenvalue weighted by Crippen LogP contribution is -2.38. The highest BCUT2D eigenvalue weighted by atomic mass is 32.1. The van der Waals surface area contributed by atoms with Gasteiger partial charge in [-0.05, 0) is 37.0 Å². The summed E-state index contributed by atoms with van der Waals surface area (Å²) < 4.78 is 5.26. The van der Waals surface area contributed by atoms with Gasteiger partial charge in [-0.25, -0.2) is 4.98 Å². The Kier molecular flexibility index (Phi) is 8.25. The van der Waals surface area contributed by atoms with Gasteiger partial charge in [0.2, 0.25) is 0 Å². The van der Waals surface area contributed by atoms with Gasteiger partial charge in [-0.3, -0.25) is 4.99 Å². The number of aliphatic imine (C=N–C) groups is 1. The zero-order chi connectivity index (χ0) is 17.9. The number of rotatable bonds is 9. The largest absolute Gasteiger partial charge is 0.497 e. The fourth-order valence-corrected chi connectivity index (χ4v) is 3.32. The van der Waals surface area contributed by atoms with E-state index in [1.807, 2.05) is 18.3 Å². The Bertz CT molecular complexity index is 669. The molecule has 0 bridgehead atoms. The minimum Gasteiger partial charge on any atom is -0.497 e. The van der Waals surface area contributed by atoms with Gasteiger partial charge in [0.1, 0.15) is 5.75 Å². The zero-order valence-corrected chi connectivity index (χ0v) is 16.2. The van der Waals surface area contributed by atoms with Crippen LogP contribution in [-0.2, 0) is 19.3 Å². The summed E-state index contributed by atoms with van der Waals surface area (Å²) in [7, 11) is 3.50. The first-order valence-electron chi connectivity index (χ1n) is 8.76. The predicted octanol–water partition coefficient (Wildman–Crippen LogP) is 3.05. The van der Waals surface area contributed by atoms with Crippen LogP contribution in [0.15, 0.2) is 35.5 Å². The van der Waals surface area contributed by atoms with Crippen molar-refractivity contribution < 1.29 is 4.74 Å². The molecule has 0 atom stereocenters. The minimum absolute atomic E-state index is 0.840. The molecule has 1 aromatic carbocycles. The van der Waals surface area contributed by atoms with Crippen molar-refractivity contribution in [1.29, 1.82) is 0 Å². The van der Waals surface area contributed by atoms with Crippen LogP contribution in [0.5, 0.6) is 5.75 Å². The van der Waals surface area contributed by atoms with E-state index in [0.29, 0.717) is 0 Å². The number of hydrogen-bond donors (Lipinski definition) is 2. The maximum atomic E-state index is 5.26. The summed E-state index contributed by atoms with van der Waals surface area (Å²) in [6.07, 6.45) is 6.02. The number of nitrogens with one attached hydrogen (secondary N) is 2. The number of benzene rings is 1. The second kappa shape index (κ2) is 10.7. The Morgan fingerprint density at radius 3 is 2.80 bits per heavy atom. The second-order valence-corrected chi connectivity index (χ2v) is 6.90. The molecule has 25 heavy (non-hydrogen) atoms. The number of ether oxygens (including phenoxy) is 1. The summed E-state index contributed by atoms with van der Waals surface area (Å²) in [5, 5.41) is 7.89. The van der Waals surface area contributed by atoms with E-state index in [0.717, 1.165) is 50.5 Å². The lowest BCUT2D eigenvalue weighted by Gasteiger charge is -2.11. The molecule has 0 saturated heterocycles. The molecule has 136 valence electrons. The molecule has 1 aromatic heterocycles. The number of guanidine groups is 1. The Labute approximate surface area is 154 Å². The minimum atomic E-state index is 0.840. The molecule has 0 amide bonds. The maximum absolute atomic E-state index is 5.26. The van der Waals surface area contributed by atoms with E-state index in [-0.39, 0.29) is 0 Å². The number of aromatic nitrogens is 1. The summed E-state index contributed by atoms with van der Waals surface area (Å²) in [6.45, 7) is 3.88. The number of thiazole rings is 1. The van der Waals surface area contributed by atoms with Gasteiger partial charge < -0.3 is 15.4 Å². The van der Waals surface area contributed by atoms with Crippen LogP contribution in [0.25, 0.3) is 0 Å². The van der Waals surface area contributed by atoms with E-state index in [1.54, 1.807) is 25.5 Å². The molecule has 0 radical (unpaired) electrons. The van der Waals surface area contributed by atoms with Gasteiger partial charge in [0.15, 0.2) is 5.96 Å². The number of hydrogen-bond acceptors (Lipinski definition) is 4. The standard InChI is InChI=1S/C19H28N4OS/c1-4-17-14-23-18(25-17)10-12-22-19(20-2)21-11-6-8-15-7-5-9-16(13-15)24-3/h5,7,9,13-14H,4,6,8,10-12H2,1-3H3,(H2,20,21,22). The quantitative estimate of drug-likeness (QED) is 0.410. The smallest absolute Gasteiger partial charge is 0.190 e. The molecule has 2 aromatic rings. The summed E-state index contributed by atoms with van der Waals surface area (Å²) in [4.78, 5) is 10.1. The van der Waals surface area contributed by atoms with Crippen LogP contribution in [0.3, 0.4) is 0 Å². The van der Waals surface area contributed by atoms with Crippen molar-refractivity contribution >= 4 is 17.3 Å². The SMILES string of the molecule is CCc1cnc(CCNC(=NC)NCCCc2cccc(OC)c2)s1. The second-order valence-electron chi connectivity index (χ2n) is 5.70. The van der Waals surface area contributed by atoms with Crippen LogP contribution in [0, 0.1) is 0 Å². The topological polar surface area (TPSA) is 58.5 Å². The highest BCUT2D eigenvalue weighted by molar-refractivity contribution is 7.11. The first kappa shape index (κ1) is 19.2. The maximum Gasteiger partial charge on any atom is 0.190 e. The van der Waals surface area contributed by atoms with E-state index < -0.39 is 0 Å². The first-order chi connectivity index (χ1) is 12.2. The number of methoxy groups -OCH3 is 1. The third-order valence-electron chi connectivity index (χ3n) is 3.87. The van der Waals surface area contributed by atoms with Crippen molar-refractivity contribution in [2.24, 2.45) is 4.99 Å². The van der Waals surface area contributed by atoms with Gasteiger partial charge in [-0.2, -0.15) is 0 Å². The average molecular weight is 361 g/mol. The van der Waals surface area contributed by atoms with Crippen molar-refractivity contribution in [1.82, 2.24) is 15.6 Å². The van der Waals surface area contributed by atoms with Crippen molar-refractivity contribution in [3.8, 4) is 5.75 Å². The van der Waals surface area contributed by atoms with Crippen molar-refractivity contribution in [3.05, 3.63) is 45.9 Å². The molecule has 0 aliphatic heterocycles. The summed E-state index contributed by atoms with van der Waals surface area (Å²) >= 11 is 1.79. The van der Waals surface area contributed by atoms with Crippen LogP contribution >= 0.6 is 11.3 Å². The number of aryl methyl sites for hydroxylation is 2. The molecule has 0 fully saturated rings. The Morgan fingerprint density at radius 2 is 2.08 bits per heavy atom. The Balaban J connectivity index is 1.64. The third kappa shape index (κ3) is 6.74. The molecule has 2 N–H and O–H groups in total. The van der Waals surface area contributed by atoms with E-state index >= 15 is 0 Å². The lowest BCUT2D eigenvalue weighted by molar-refractivity contribution is 0.414. The molecule has 0 aliphatic rings. The molecule has 0 unspecified atom stereocenters. The highest BCUT2D eigenvalue weighted by Gasteiger charge is 2.02. The molecule has 0 saturated carbocycles. The average Bonchev–Trinajstić information content (AvgIpc) is 3.11. The molecule has 1 heterocycles. The van der Waals surface area contributed by atoms with E-state index in [9.17, 15) is 0 Å². The molecule has 6 heteroatoms. The summed E-state index contributed by atoms with van der Waals surface area (Å²) in [6, 6.07) is 8.23. The van der Waals surface area contributed by atoms with Crippen LogP contribution < -0.4 is 15.4 Å². The predicted molar refractivity (Wildman–Crippen MR) is 106 cm³/mol. The fraction of sp³-hybridized carbons (Fsp3) is 0.474. The lowest BCUT2D eigenvalue weighted by atomic mass is 10.1. The van der Waals surface area contributed by atoms with Gasteiger partial charge in [0.25, 0.3) is 0 Å². The zero-order valence-electron chi connectivity index (χ0n) is 15.3. The summed E-state index contributed by atoms with van der Waals surface area (Å²) in [5.41, 5.74) is 1.29. The molecule has 2 rings (SSSR count). The van der Waals surface area contributed by atoms with Crippen LogP contribution in [-0.4, -0.2) is 38.2 Å². The Hall–Kier alpha value is -2.08. The summed E-state index contributed by atoms with van der Waals surface area (Å²) in [5.74, 6) is 1.76. The van der Waals surface area contributed by atoms with Gasteiger partial charge >= 0.3 is 0 Å². The van der Waals surface area contributed by atoms with E-state index in [4.69, 9.17) is 4.74 Å². The molecule has 5 nitrogen and oxygen atoms in total. The third-order valence-corrected chi connectivity index (χ3v) is 5.08. The van der Waals surface area contributed by atoms with Crippen molar-refractivity contribution in [3.63, 3.8) is 0 Å². The number of nitrogens with zero attached hydrogens (tertiary/aromatic N) is 2. The van der Waals surface area contributed by atoms with E-state index in [1.165, 1.54) is 15.4 Å². The van der Waals surface area contributed by atoms with Crippen molar-refractivity contribution in [2.45, 2.75) is 32.6 Å². The molecular formula is C19H28N4OS. The molecule has 0 aliphatic carbocycles. The van der Waals surface area contributed by atoms with E-state index in [2.05, 4.69) is 39.7 Å². The normalized spacial score (nSPS) is 11.4. The van der Waals surface area contributed by atoms with Crippen molar-refractivity contribution in [2.75, 3.05) is 27.2 Å². The molecule has 0 spiro atoms. The molecular weight excluding hydrogens is 332 g/mol.